The first-order valence-corrected chi connectivity index (χ1v) is 7.70. The minimum Gasteiger partial charge on any atom is -0.345 e. The van der Waals surface area contributed by atoms with Crippen LogP contribution in [0.25, 0.3) is 0 Å². The zero-order chi connectivity index (χ0) is 16.4. The van der Waals surface area contributed by atoms with E-state index >= 15 is 0 Å². The Morgan fingerprint density at radius 1 is 1.39 bits per heavy atom. The average molecular weight is 312 g/mol. The monoisotopic (exact) mass is 312 g/mol. The number of aryl methyl sites for hydroxylation is 1. The maximum absolute atomic E-state index is 12.2. The molecular weight excluding hydrogens is 292 g/mol. The molecular formula is C17H20N4O2. The third-order valence-electron chi connectivity index (χ3n) is 4.17. The molecule has 0 spiro atoms. The fourth-order valence-electron chi connectivity index (χ4n) is 2.49. The van der Waals surface area contributed by atoms with E-state index in [2.05, 4.69) is 22.5 Å². The molecule has 6 heteroatoms. The van der Waals surface area contributed by atoms with Crippen LogP contribution in [0.2, 0.25) is 0 Å². The molecule has 2 atom stereocenters. The second-order valence-corrected chi connectivity index (χ2v) is 6.03. The van der Waals surface area contributed by atoms with Gasteiger partial charge in [0.25, 0.3) is 5.91 Å². The lowest BCUT2D eigenvalue weighted by Crippen LogP contribution is -2.24. The molecule has 1 aliphatic rings. The SMILES string of the molecule is C[C@H]1C[C@@H]1C(=O)Nc1cccc(C(=O)NCc2nccn2C)c1. The molecule has 3 rings (SSSR count). The van der Waals surface area contributed by atoms with Gasteiger partial charge < -0.3 is 15.2 Å². The Balaban J connectivity index is 1.61. The molecule has 2 amide bonds. The number of carbonyl (C=O) groups excluding carboxylic acids is 2. The summed E-state index contributed by atoms with van der Waals surface area (Å²) in [7, 11) is 1.88. The summed E-state index contributed by atoms with van der Waals surface area (Å²) >= 11 is 0. The fourth-order valence-corrected chi connectivity index (χ4v) is 2.49. The number of carbonyl (C=O) groups is 2. The van der Waals surface area contributed by atoms with Crippen LogP contribution in [0.3, 0.4) is 0 Å². The third-order valence-corrected chi connectivity index (χ3v) is 4.17. The second kappa shape index (κ2) is 6.24. The van der Waals surface area contributed by atoms with E-state index in [-0.39, 0.29) is 17.7 Å². The number of hydrogen-bond acceptors (Lipinski definition) is 3. The van der Waals surface area contributed by atoms with Gasteiger partial charge >= 0.3 is 0 Å². The van der Waals surface area contributed by atoms with Gasteiger partial charge in [-0.1, -0.05) is 13.0 Å². The summed E-state index contributed by atoms with van der Waals surface area (Å²) < 4.78 is 1.85. The summed E-state index contributed by atoms with van der Waals surface area (Å²) in [6, 6.07) is 6.98. The highest BCUT2D eigenvalue weighted by Gasteiger charge is 2.39. The molecule has 1 aromatic carbocycles. The van der Waals surface area contributed by atoms with E-state index in [0.29, 0.717) is 23.7 Å². The summed E-state index contributed by atoms with van der Waals surface area (Å²) in [6.45, 7) is 2.42. The maximum Gasteiger partial charge on any atom is 0.251 e. The van der Waals surface area contributed by atoms with E-state index in [1.165, 1.54) is 0 Å². The normalized spacial score (nSPS) is 19.2. The van der Waals surface area contributed by atoms with Crippen LogP contribution in [-0.2, 0) is 18.4 Å². The van der Waals surface area contributed by atoms with Gasteiger partial charge in [0.1, 0.15) is 5.82 Å². The molecule has 1 aliphatic carbocycles. The van der Waals surface area contributed by atoms with Gasteiger partial charge in [-0.15, -0.1) is 0 Å². The molecule has 1 fully saturated rings. The van der Waals surface area contributed by atoms with Gasteiger partial charge in [0.15, 0.2) is 0 Å². The van der Waals surface area contributed by atoms with Crippen molar-refractivity contribution in [3.8, 4) is 0 Å². The highest BCUT2D eigenvalue weighted by atomic mass is 16.2. The summed E-state index contributed by atoms with van der Waals surface area (Å²) in [5.41, 5.74) is 1.17. The number of nitrogens with zero attached hydrogens (tertiary/aromatic N) is 2. The van der Waals surface area contributed by atoms with E-state index in [0.717, 1.165) is 12.2 Å². The van der Waals surface area contributed by atoms with Crippen molar-refractivity contribution in [1.29, 1.82) is 0 Å². The standard InChI is InChI=1S/C17H20N4O2/c1-11-8-14(11)17(23)20-13-5-3-4-12(9-13)16(22)19-10-15-18-6-7-21(15)2/h3-7,9,11,14H,8,10H2,1-2H3,(H,19,22)(H,20,23)/t11-,14-/m0/s1. The van der Waals surface area contributed by atoms with E-state index in [1.54, 1.807) is 30.5 Å². The van der Waals surface area contributed by atoms with Gasteiger partial charge in [0, 0.05) is 36.6 Å². The molecule has 2 aromatic rings. The Morgan fingerprint density at radius 2 is 2.17 bits per heavy atom. The number of imidazole rings is 1. The van der Waals surface area contributed by atoms with Crippen LogP contribution in [0.5, 0.6) is 0 Å². The predicted octanol–water partition coefficient (Wildman–Crippen LogP) is 1.94. The van der Waals surface area contributed by atoms with Gasteiger partial charge in [0.05, 0.1) is 6.54 Å². The Bertz CT molecular complexity index is 738. The average Bonchev–Trinajstić information content (AvgIpc) is 3.13. The lowest BCUT2D eigenvalue weighted by Gasteiger charge is -2.08. The van der Waals surface area contributed by atoms with Crippen LogP contribution in [0.1, 0.15) is 29.5 Å². The molecule has 0 radical (unpaired) electrons. The van der Waals surface area contributed by atoms with Gasteiger partial charge in [-0.2, -0.15) is 0 Å². The Morgan fingerprint density at radius 3 is 2.83 bits per heavy atom. The Hall–Kier alpha value is -2.63. The van der Waals surface area contributed by atoms with Crippen molar-refractivity contribution in [3.63, 3.8) is 0 Å². The van der Waals surface area contributed by atoms with Crippen molar-refractivity contribution in [2.75, 3.05) is 5.32 Å². The van der Waals surface area contributed by atoms with Gasteiger partial charge in [-0.3, -0.25) is 9.59 Å². The van der Waals surface area contributed by atoms with Crippen molar-refractivity contribution >= 4 is 17.5 Å². The van der Waals surface area contributed by atoms with Crippen LogP contribution in [0.4, 0.5) is 5.69 Å². The lowest BCUT2D eigenvalue weighted by molar-refractivity contribution is -0.117. The maximum atomic E-state index is 12.2. The Kier molecular flexibility index (Phi) is 4.14. The van der Waals surface area contributed by atoms with Crippen molar-refractivity contribution in [2.45, 2.75) is 19.9 Å². The van der Waals surface area contributed by atoms with Crippen LogP contribution < -0.4 is 10.6 Å². The molecule has 0 saturated heterocycles. The number of rotatable bonds is 5. The van der Waals surface area contributed by atoms with E-state index < -0.39 is 0 Å². The number of amides is 2. The van der Waals surface area contributed by atoms with Crippen molar-refractivity contribution in [3.05, 3.63) is 48.0 Å². The van der Waals surface area contributed by atoms with Crippen molar-refractivity contribution in [2.24, 2.45) is 18.9 Å². The zero-order valence-corrected chi connectivity index (χ0v) is 13.2. The highest BCUT2D eigenvalue weighted by Crippen LogP contribution is 2.38. The van der Waals surface area contributed by atoms with Crippen LogP contribution >= 0.6 is 0 Å². The summed E-state index contributed by atoms with van der Waals surface area (Å²) in [5, 5.41) is 5.70. The second-order valence-electron chi connectivity index (χ2n) is 6.03. The first kappa shape index (κ1) is 15.3. The molecule has 120 valence electrons. The molecule has 6 nitrogen and oxygen atoms in total. The topological polar surface area (TPSA) is 76.0 Å². The van der Waals surface area contributed by atoms with Gasteiger partial charge in [-0.05, 0) is 30.5 Å². The highest BCUT2D eigenvalue weighted by molar-refractivity contribution is 5.98. The molecule has 23 heavy (non-hydrogen) atoms. The van der Waals surface area contributed by atoms with E-state index in [9.17, 15) is 9.59 Å². The first-order valence-electron chi connectivity index (χ1n) is 7.70. The quantitative estimate of drug-likeness (QED) is 0.886. The molecule has 1 saturated carbocycles. The van der Waals surface area contributed by atoms with Crippen LogP contribution in [0.15, 0.2) is 36.7 Å². The summed E-state index contributed by atoms with van der Waals surface area (Å²) in [5.74, 6) is 1.19. The molecule has 1 heterocycles. The fraction of sp³-hybridized carbons (Fsp3) is 0.353. The summed E-state index contributed by atoms with van der Waals surface area (Å²) in [4.78, 5) is 28.4. The number of hydrogen-bond donors (Lipinski definition) is 2. The number of nitrogens with one attached hydrogen (secondary N) is 2. The van der Waals surface area contributed by atoms with Crippen LogP contribution in [0, 0.1) is 11.8 Å². The van der Waals surface area contributed by atoms with Gasteiger partial charge in [0.2, 0.25) is 5.91 Å². The molecule has 1 aromatic heterocycles. The lowest BCUT2D eigenvalue weighted by atomic mass is 10.2. The van der Waals surface area contributed by atoms with Gasteiger partial charge in [-0.25, -0.2) is 4.98 Å². The smallest absolute Gasteiger partial charge is 0.251 e. The number of anilines is 1. The van der Waals surface area contributed by atoms with Crippen molar-refractivity contribution in [1.82, 2.24) is 14.9 Å². The largest absolute Gasteiger partial charge is 0.345 e. The molecule has 0 unspecified atom stereocenters. The third kappa shape index (κ3) is 3.59. The molecule has 0 aliphatic heterocycles. The number of benzene rings is 1. The Labute approximate surface area is 134 Å². The predicted molar refractivity (Wildman–Crippen MR) is 86.7 cm³/mol. The minimum atomic E-state index is -0.191. The van der Waals surface area contributed by atoms with Crippen LogP contribution in [-0.4, -0.2) is 21.4 Å². The summed E-state index contributed by atoms with van der Waals surface area (Å²) in [6.07, 6.45) is 4.46. The minimum absolute atomic E-state index is 0.0306. The molecule has 2 N–H and O–H groups in total. The molecule has 0 bridgehead atoms. The number of aromatic nitrogens is 2. The van der Waals surface area contributed by atoms with E-state index in [4.69, 9.17) is 0 Å². The first-order chi connectivity index (χ1) is 11.0. The van der Waals surface area contributed by atoms with Crippen molar-refractivity contribution < 1.29 is 9.59 Å². The zero-order valence-electron chi connectivity index (χ0n) is 13.2. The van der Waals surface area contributed by atoms with E-state index in [1.807, 2.05) is 17.8 Å².